The molecule has 2 saturated heterocycles. The molecule has 23 heavy (non-hydrogen) atoms. The molecule has 7 rings (SSSR count). The highest BCUT2D eigenvalue weighted by molar-refractivity contribution is 5.90. The summed E-state index contributed by atoms with van der Waals surface area (Å²) in [5.74, 6) is 0.695. The summed E-state index contributed by atoms with van der Waals surface area (Å²) in [5, 5.41) is 0. The first-order valence-corrected chi connectivity index (χ1v) is 8.33. The third kappa shape index (κ3) is 1.37. The SMILES string of the molecule is O=C1[C@H]2CO[C@H](O2)[C@@H]2C3c4ccccc4C(c4ccccc43)[C@H]12. The van der Waals surface area contributed by atoms with Crippen molar-refractivity contribution in [2.24, 2.45) is 11.8 Å². The molecule has 3 nitrogen and oxygen atoms in total. The lowest BCUT2D eigenvalue weighted by atomic mass is 9.52. The van der Waals surface area contributed by atoms with Crippen LogP contribution < -0.4 is 0 Å². The van der Waals surface area contributed by atoms with Crippen molar-refractivity contribution >= 4 is 5.78 Å². The molecule has 4 atom stereocenters. The van der Waals surface area contributed by atoms with E-state index in [2.05, 4.69) is 48.5 Å². The Morgan fingerprint density at radius 3 is 2.00 bits per heavy atom. The summed E-state index contributed by atoms with van der Waals surface area (Å²) in [7, 11) is 0. The Labute approximate surface area is 134 Å². The van der Waals surface area contributed by atoms with Crippen molar-refractivity contribution in [2.75, 3.05) is 6.61 Å². The summed E-state index contributed by atoms with van der Waals surface area (Å²) < 4.78 is 11.7. The molecule has 2 fully saturated rings. The number of rotatable bonds is 0. The van der Waals surface area contributed by atoms with Crippen LogP contribution in [-0.2, 0) is 14.3 Å². The summed E-state index contributed by atoms with van der Waals surface area (Å²) in [6, 6.07) is 17.2. The van der Waals surface area contributed by atoms with Gasteiger partial charge >= 0.3 is 0 Å². The van der Waals surface area contributed by atoms with Crippen molar-refractivity contribution in [2.45, 2.75) is 24.2 Å². The molecule has 0 spiro atoms. The zero-order valence-corrected chi connectivity index (χ0v) is 12.5. The highest BCUT2D eigenvalue weighted by Crippen LogP contribution is 2.61. The molecule has 0 radical (unpaired) electrons. The van der Waals surface area contributed by atoms with Crippen LogP contribution in [0.4, 0.5) is 0 Å². The molecule has 2 aromatic rings. The standard InChI is InChI=1S/C20H16O3/c21-19-14-9-22-20(23-14)18-16-12-7-3-1-5-10(12)15(17(18)19)11-6-2-4-8-13(11)16/h1-8,14-18,20H,9H2/t14-,15?,16?,17+,18-,20-/m1/s1. The van der Waals surface area contributed by atoms with E-state index >= 15 is 0 Å². The zero-order valence-electron chi connectivity index (χ0n) is 12.5. The molecule has 2 aromatic carbocycles. The number of ether oxygens (including phenoxy) is 2. The molecular formula is C20H16O3. The second kappa shape index (κ2) is 4.11. The largest absolute Gasteiger partial charge is 0.349 e. The first-order valence-electron chi connectivity index (χ1n) is 8.33. The maximum Gasteiger partial charge on any atom is 0.168 e. The van der Waals surface area contributed by atoms with Gasteiger partial charge in [-0.1, -0.05) is 48.5 Å². The molecule has 0 unspecified atom stereocenters. The van der Waals surface area contributed by atoms with Crippen molar-refractivity contribution in [3.8, 4) is 0 Å². The third-order valence-corrected chi connectivity index (χ3v) is 6.16. The van der Waals surface area contributed by atoms with E-state index in [-0.39, 0.29) is 41.8 Å². The Balaban J connectivity index is 1.68. The van der Waals surface area contributed by atoms with Crippen LogP contribution in [0.2, 0.25) is 0 Å². The van der Waals surface area contributed by atoms with Crippen LogP contribution in [0.15, 0.2) is 48.5 Å². The van der Waals surface area contributed by atoms with Crippen molar-refractivity contribution in [3.63, 3.8) is 0 Å². The average molecular weight is 304 g/mol. The molecule has 3 aliphatic carbocycles. The van der Waals surface area contributed by atoms with Crippen LogP contribution in [0.1, 0.15) is 34.1 Å². The van der Waals surface area contributed by atoms with Gasteiger partial charge in [0.15, 0.2) is 12.1 Å². The number of hydrogen-bond donors (Lipinski definition) is 0. The highest BCUT2D eigenvalue weighted by Gasteiger charge is 2.61. The Morgan fingerprint density at radius 1 is 0.826 bits per heavy atom. The number of hydrogen-bond acceptors (Lipinski definition) is 3. The van der Waals surface area contributed by atoms with Gasteiger partial charge in [0.05, 0.1) is 6.61 Å². The summed E-state index contributed by atoms with van der Waals surface area (Å²) in [4.78, 5) is 13.0. The predicted molar refractivity (Wildman–Crippen MR) is 83.2 cm³/mol. The van der Waals surface area contributed by atoms with E-state index in [4.69, 9.17) is 9.47 Å². The lowest BCUT2D eigenvalue weighted by Gasteiger charge is -2.52. The van der Waals surface area contributed by atoms with E-state index in [9.17, 15) is 4.79 Å². The maximum absolute atomic E-state index is 13.0. The lowest BCUT2D eigenvalue weighted by molar-refractivity contribution is -0.171. The van der Waals surface area contributed by atoms with Gasteiger partial charge in [-0.2, -0.15) is 0 Å². The van der Waals surface area contributed by atoms with Crippen molar-refractivity contribution in [3.05, 3.63) is 70.8 Å². The van der Waals surface area contributed by atoms with Gasteiger partial charge in [0, 0.05) is 23.7 Å². The van der Waals surface area contributed by atoms with Gasteiger partial charge < -0.3 is 9.47 Å². The maximum atomic E-state index is 13.0. The van der Waals surface area contributed by atoms with Crippen molar-refractivity contribution < 1.29 is 14.3 Å². The summed E-state index contributed by atoms with van der Waals surface area (Å²) in [5.41, 5.74) is 5.35. The van der Waals surface area contributed by atoms with Crippen LogP contribution in [0.25, 0.3) is 0 Å². The Kier molecular flexibility index (Phi) is 2.22. The van der Waals surface area contributed by atoms with E-state index in [1.165, 1.54) is 22.3 Å². The first-order chi connectivity index (χ1) is 11.3. The fourth-order valence-corrected chi connectivity index (χ4v) is 5.39. The molecule has 0 N–H and O–H groups in total. The summed E-state index contributed by atoms with van der Waals surface area (Å²) in [6.45, 7) is 0.419. The fraction of sp³-hybridized carbons (Fsp3) is 0.350. The lowest BCUT2D eigenvalue weighted by Crippen LogP contribution is -2.53. The van der Waals surface area contributed by atoms with Gasteiger partial charge in [-0.15, -0.1) is 0 Å². The minimum Gasteiger partial charge on any atom is -0.349 e. The molecular weight excluding hydrogens is 288 g/mol. The van der Waals surface area contributed by atoms with Gasteiger partial charge in [-0.25, -0.2) is 0 Å². The van der Waals surface area contributed by atoms with Gasteiger partial charge in [-0.05, 0) is 22.3 Å². The smallest absolute Gasteiger partial charge is 0.168 e. The predicted octanol–water partition coefficient (Wildman–Crippen LogP) is 2.83. The second-order valence-corrected chi connectivity index (χ2v) is 7.05. The van der Waals surface area contributed by atoms with Crippen molar-refractivity contribution in [1.82, 2.24) is 0 Å². The molecule has 4 bridgehead atoms. The second-order valence-electron chi connectivity index (χ2n) is 7.05. The molecule has 2 heterocycles. The minimum atomic E-state index is -0.361. The molecule has 2 aliphatic heterocycles. The normalized spacial score (nSPS) is 38.9. The van der Waals surface area contributed by atoms with Crippen LogP contribution >= 0.6 is 0 Å². The number of carbonyl (C=O) groups excluding carboxylic acids is 1. The van der Waals surface area contributed by atoms with E-state index < -0.39 is 0 Å². The van der Waals surface area contributed by atoms with Crippen LogP contribution in [0.3, 0.4) is 0 Å². The van der Waals surface area contributed by atoms with Gasteiger partial charge in [-0.3, -0.25) is 4.79 Å². The zero-order chi connectivity index (χ0) is 15.1. The summed E-state index contributed by atoms with van der Waals surface area (Å²) in [6.07, 6.45) is -0.600. The first kappa shape index (κ1) is 12.5. The topological polar surface area (TPSA) is 35.5 Å². The summed E-state index contributed by atoms with van der Waals surface area (Å²) >= 11 is 0. The van der Waals surface area contributed by atoms with Crippen LogP contribution in [-0.4, -0.2) is 24.8 Å². The Hall–Kier alpha value is -1.97. The van der Waals surface area contributed by atoms with Gasteiger partial charge in [0.2, 0.25) is 0 Å². The van der Waals surface area contributed by atoms with E-state index in [0.29, 0.717) is 6.61 Å². The molecule has 5 aliphatic rings. The molecule has 0 aromatic heterocycles. The van der Waals surface area contributed by atoms with Crippen molar-refractivity contribution in [1.29, 1.82) is 0 Å². The highest BCUT2D eigenvalue weighted by atomic mass is 16.7. The van der Waals surface area contributed by atoms with Crippen LogP contribution in [0.5, 0.6) is 0 Å². The molecule has 0 amide bonds. The van der Waals surface area contributed by atoms with E-state index in [1.54, 1.807) is 0 Å². The molecule has 0 saturated carbocycles. The number of Topliss-reactive ketones (excluding diaryl/α,β-unsaturated/α-hetero) is 1. The van der Waals surface area contributed by atoms with E-state index in [0.717, 1.165) is 0 Å². The number of fused-ring (bicyclic) bond motifs is 2. The Bertz CT molecular complexity index is 795. The monoisotopic (exact) mass is 304 g/mol. The van der Waals surface area contributed by atoms with Crippen LogP contribution in [0, 0.1) is 11.8 Å². The number of ketones is 1. The van der Waals surface area contributed by atoms with Gasteiger partial charge in [0.25, 0.3) is 0 Å². The quantitative estimate of drug-likeness (QED) is 0.751. The Morgan fingerprint density at radius 2 is 1.39 bits per heavy atom. The third-order valence-electron chi connectivity index (χ3n) is 6.16. The number of carbonyl (C=O) groups is 1. The van der Waals surface area contributed by atoms with E-state index in [1.807, 2.05) is 0 Å². The average Bonchev–Trinajstić information content (AvgIpc) is 3.05. The minimum absolute atomic E-state index is 0.00366. The molecule has 114 valence electrons. The van der Waals surface area contributed by atoms with Gasteiger partial charge in [0.1, 0.15) is 6.10 Å². The number of benzene rings is 2. The fourth-order valence-electron chi connectivity index (χ4n) is 5.39. The molecule has 3 heteroatoms.